The Balaban J connectivity index is 2.48. The molecule has 0 aliphatic heterocycles. The van der Waals surface area contributed by atoms with Crippen molar-refractivity contribution in [1.82, 2.24) is 9.47 Å². The summed E-state index contributed by atoms with van der Waals surface area (Å²) in [5.74, 6) is -0.573. The Kier molecular flexibility index (Phi) is 4.49. The zero-order chi connectivity index (χ0) is 16.3. The van der Waals surface area contributed by atoms with E-state index < -0.39 is 5.97 Å². The van der Waals surface area contributed by atoms with Gasteiger partial charge in [-0.15, -0.1) is 0 Å². The molecule has 22 heavy (non-hydrogen) atoms. The Labute approximate surface area is 129 Å². The first-order chi connectivity index (χ1) is 10.5. The van der Waals surface area contributed by atoms with Crippen molar-refractivity contribution in [1.29, 1.82) is 5.26 Å². The first-order valence-corrected chi connectivity index (χ1v) is 6.71. The van der Waals surface area contributed by atoms with Crippen molar-refractivity contribution in [2.24, 2.45) is 0 Å². The Bertz CT molecular complexity index is 724. The van der Waals surface area contributed by atoms with Gasteiger partial charge in [0.2, 0.25) is 0 Å². The molecule has 0 radical (unpaired) electrons. The van der Waals surface area contributed by atoms with Gasteiger partial charge in [0, 0.05) is 18.4 Å². The third-order valence-corrected chi connectivity index (χ3v) is 3.26. The molecule has 1 aromatic heterocycles. The van der Waals surface area contributed by atoms with Crippen molar-refractivity contribution in [2.75, 3.05) is 26.9 Å². The second-order valence-corrected chi connectivity index (χ2v) is 5.18. The first-order valence-electron chi connectivity index (χ1n) is 6.71. The molecular weight excluding hydrogens is 280 g/mol. The number of carbonyl (C=O) groups excluding carboxylic acids is 1. The first kappa shape index (κ1) is 15.6. The summed E-state index contributed by atoms with van der Waals surface area (Å²) in [4.78, 5) is 14.0. The van der Waals surface area contributed by atoms with Crippen LogP contribution in [-0.2, 0) is 11.3 Å². The molecule has 6 nitrogen and oxygen atoms in total. The fourth-order valence-corrected chi connectivity index (χ4v) is 2.25. The predicted octanol–water partition coefficient (Wildman–Crippen LogP) is 1.78. The maximum Gasteiger partial charge on any atom is 0.357 e. The molecule has 0 bridgehead atoms. The summed E-state index contributed by atoms with van der Waals surface area (Å²) in [6.45, 7) is 0.821. The molecule has 0 fully saturated rings. The number of anilines is 1. The molecule has 1 heterocycles. The number of nitriles is 1. The lowest BCUT2D eigenvalue weighted by molar-refractivity contribution is 0.0593. The van der Waals surface area contributed by atoms with E-state index in [1.165, 1.54) is 7.11 Å². The average Bonchev–Trinajstić information content (AvgIpc) is 2.83. The third kappa shape index (κ3) is 2.95. The number of hydrogen-bond donors (Lipinski definition) is 1. The zero-order valence-electron chi connectivity index (χ0n) is 12.8. The van der Waals surface area contributed by atoms with Gasteiger partial charge in [0.1, 0.15) is 6.07 Å². The lowest BCUT2D eigenvalue weighted by Crippen LogP contribution is -2.12. The summed E-state index contributed by atoms with van der Waals surface area (Å²) in [7, 11) is 5.27. The number of carbonyl (C=O) groups is 1. The fourth-order valence-electron chi connectivity index (χ4n) is 2.25. The molecule has 1 aromatic carbocycles. The second kappa shape index (κ2) is 6.33. The van der Waals surface area contributed by atoms with E-state index in [1.54, 1.807) is 10.8 Å². The van der Waals surface area contributed by atoms with Gasteiger partial charge >= 0.3 is 5.97 Å². The smallest absolute Gasteiger partial charge is 0.357 e. The minimum Gasteiger partial charge on any atom is -0.464 e. The Morgan fingerprint density at radius 1 is 1.36 bits per heavy atom. The molecule has 0 spiro atoms. The minimum absolute atomic E-state index is 0.131. The fraction of sp³-hybridized carbons (Fsp3) is 0.250. The quantitative estimate of drug-likeness (QED) is 0.870. The van der Waals surface area contributed by atoms with E-state index in [1.807, 2.05) is 44.4 Å². The number of nitrogens with zero attached hydrogens (tertiary/aromatic N) is 3. The number of benzene rings is 1. The highest BCUT2D eigenvalue weighted by Gasteiger charge is 2.21. The van der Waals surface area contributed by atoms with Crippen molar-refractivity contribution in [3.63, 3.8) is 0 Å². The van der Waals surface area contributed by atoms with Crippen LogP contribution < -0.4 is 5.73 Å². The molecule has 0 atom stereocenters. The van der Waals surface area contributed by atoms with Crippen LogP contribution in [0.5, 0.6) is 0 Å². The maximum absolute atomic E-state index is 11.9. The predicted molar refractivity (Wildman–Crippen MR) is 83.6 cm³/mol. The largest absolute Gasteiger partial charge is 0.464 e. The van der Waals surface area contributed by atoms with Gasteiger partial charge in [-0.3, -0.25) is 0 Å². The van der Waals surface area contributed by atoms with Gasteiger partial charge in [-0.2, -0.15) is 5.26 Å². The molecule has 6 heteroatoms. The molecule has 114 valence electrons. The zero-order valence-corrected chi connectivity index (χ0v) is 12.8. The number of nitrogen functional groups attached to an aromatic ring is 1. The number of nitrogens with two attached hydrogens (primary N) is 1. The monoisotopic (exact) mass is 298 g/mol. The topological polar surface area (TPSA) is 84.3 Å². The van der Waals surface area contributed by atoms with Crippen LogP contribution in [-0.4, -0.2) is 36.6 Å². The van der Waals surface area contributed by atoms with Gasteiger partial charge in [0.25, 0.3) is 0 Å². The van der Waals surface area contributed by atoms with Crippen molar-refractivity contribution in [3.8, 4) is 11.8 Å². The SMILES string of the molecule is COC(=O)c1c(N)c(C#N)cn1-c1ccc(CN(C)C)cc1. The molecule has 2 aromatic rings. The maximum atomic E-state index is 11.9. The number of aromatic nitrogens is 1. The molecule has 0 saturated heterocycles. The Hall–Kier alpha value is -2.78. The van der Waals surface area contributed by atoms with Crippen LogP contribution >= 0.6 is 0 Å². The van der Waals surface area contributed by atoms with Crippen LogP contribution in [0.3, 0.4) is 0 Å². The van der Waals surface area contributed by atoms with Gasteiger partial charge in [-0.05, 0) is 31.8 Å². The van der Waals surface area contributed by atoms with Crippen LogP contribution in [0, 0.1) is 11.3 Å². The summed E-state index contributed by atoms with van der Waals surface area (Å²) in [6.07, 6.45) is 1.54. The molecule has 2 rings (SSSR count). The van der Waals surface area contributed by atoms with Crippen LogP contribution in [0.1, 0.15) is 21.6 Å². The molecule has 0 amide bonds. The van der Waals surface area contributed by atoms with Crippen molar-refractivity contribution in [2.45, 2.75) is 6.54 Å². The number of esters is 1. The number of methoxy groups -OCH3 is 1. The minimum atomic E-state index is -0.573. The van der Waals surface area contributed by atoms with E-state index in [-0.39, 0.29) is 16.9 Å². The van der Waals surface area contributed by atoms with Crippen LogP contribution in [0.4, 0.5) is 5.69 Å². The van der Waals surface area contributed by atoms with Gasteiger partial charge < -0.3 is 19.9 Å². The average molecular weight is 298 g/mol. The van der Waals surface area contributed by atoms with Gasteiger partial charge in [-0.1, -0.05) is 12.1 Å². The van der Waals surface area contributed by atoms with Gasteiger partial charge in [-0.25, -0.2) is 4.79 Å². The molecule has 0 aliphatic rings. The van der Waals surface area contributed by atoms with Crippen molar-refractivity contribution >= 4 is 11.7 Å². The lowest BCUT2D eigenvalue weighted by atomic mass is 10.2. The van der Waals surface area contributed by atoms with E-state index in [4.69, 9.17) is 15.7 Å². The number of ether oxygens (including phenoxy) is 1. The Morgan fingerprint density at radius 3 is 2.50 bits per heavy atom. The molecular formula is C16H18N4O2. The summed E-state index contributed by atoms with van der Waals surface area (Å²) < 4.78 is 6.34. The highest BCUT2D eigenvalue weighted by Crippen LogP contribution is 2.24. The number of rotatable bonds is 4. The Morgan fingerprint density at radius 2 is 2.00 bits per heavy atom. The van der Waals surface area contributed by atoms with Gasteiger partial charge in [0.05, 0.1) is 18.4 Å². The lowest BCUT2D eigenvalue weighted by Gasteiger charge is -2.12. The van der Waals surface area contributed by atoms with Crippen molar-refractivity contribution in [3.05, 3.63) is 47.3 Å². The second-order valence-electron chi connectivity index (χ2n) is 5.18. The van der Waals surface area contributed by atoms with Gasteiger partial charge in [0.15, 0.2) is 5.69 Å². The van der Waals surface area contributed by atoms with E-state index in [0.29, 0.717) is 0 Å². The summed E-state index contributed by atoms with van der Waals surface area (Å²) in [6, 6.07) is 9.69. The molecule has 0 saturated carbocycles. The van der Waals surface area contributed by atoms with E-state index in [2.05, 4.69) is 4.90 Å². The molecule has 2 N–H and O–H groups in total. The van der Waals surface area contributed by atoms with Crippen LogP contribution in [0.2, 0.25) is 0 Å². The standard InChI is InChI=1S/C16H18N4O2/c1-19(2)9-11-4-6-13(7-5-11)20-10-12(8-17)14(18)15(20)16(21)22-3/h4-7,10H,9,18H2,1-3H3. The van der Waals surface area contributed by atoms with E-state index in [0.717, 1.165) is 17.8 Å². The summed E-state index contributed by atoms with van der Waals surface area (Å²) >= 11 is 0. The normalized spacial score (nSPS) is 10.5. The van der Waals surface area contributed by atoms with Crippen LogP contribution in [0.25, 0.3) is 5.69 Å². The molecule has 0 aliphatic carbocycles. The van der Waals surface area contributed by atoms with Crippen LogP contribution in [0.15, 0.2) is 30.5 Å². The summed E-state index contributed by atoms with van der Waals surface area (Å²) in [5.41, 5.74) is 8.31. The summed E-state index contributed by atoms with van der Waals surface area (Å²) in [5, 5.41) is 9.10. The van der Waals surface area contributed by atoms with E-state index >= 15 is 0 Å². The highest BCUT2D eigenvalue weighted by molar-refractivity contribution is 5.95. The third-order valence-electron chi connectivity index (χ3n) is 3.26. The number of hydrogen-bond acceptors (Lipinski definition) is 5. The molecule has 0 unspecified atom stereocenters. The highest BCUT2D eigenvalue weighted by atomic mass is 16.5. The van der Waals surface area contributed by atoms with E-state index in [9.17, 15) is 4.79 Å². The van der Waals surface area contributed by atoms with Crippen molar-refractivity contribution < 1.29 is 9.53 Å².